The number of anilines is 1. The number of nitrogens with zero attached hydrogens (tertiary/aromatic N) is 4. The summed E-state index contributed by atoms with van der Waals surface area (Å²) in [4.78, 5) is 26.1. The number of para-hydroxylation sites is 1. The first kappa shape index (κ1) is 19.2. The van der Waals surface area contributed by atoms with Crippen molar-refractivity contribution in [3.63, 3.8) is 0 Å². The van der Waals surface area contributed by atoms with Gasteiger partial charge in [0.2, 0.25) is 5.91 Å². The van der Waals surface area contributed by atoms with E-state index in [9.17, 15) is 9.59 Å². The van der Waals surface area contributed by atoms with Gasteiger partial charge in [0, 0.05) is 42.8 Å². The number of aryl methyl sites for hydroxylation is 2. The van der Waals surface area contributed by atoms with Gasteiger partial charge in [0.25, 0.3) is 5.56 Å². The molecule has 4 rings (SSSR count). The number of benzene rings is 1. The van der Waals surface area contributed by atoms with E-state index in [0.29, 0.717) is 5.56 Å². The Morgan fingerprint density at radius 3 is 2.55 bits per heavy atom. The van der Waals surface area contributed by atoms with Crippen LogP contribution in [0.1, 0.15) is 54.6 Å². The molecule has 1 aliphatic rings. The standard InChI is InChI=1S/C22H27N5O2/c1-5-6-12-26-21-19(14(2)24-26)17(13-18(28)23-21)20-15(3)25(4)27(22(20)29)16-10-8-7-9-11-16/h7-11,17H,5-6,12-13H2,1-4H3,(H,23,28)/t17-/m1/s1. The molecule has 0 unspecified atom stereocenters. The highest BCUT2D eigenvalue weighted by molar-refractivity contribution is 5.94. The summed E-state index contributed by atoms with van der Waals surface area (Å²) in [6.07, 6.45) is 2.28. The van der Waals surface area contributed by atoms with E-state index in [-0.39, 0.29) is 23.8 Å². The zero-order chi connectivity index (χ0) is 20.7. The van der Waals surface area contributed by atoms with Crippen molar-refractivity contribution in [1.29, 1.82) is 0 Å². The van der Waals surface area contributed by atoms with Crippen LogP contribution in [0.25, 0.3) is 5.69 Å². The maximum Gasteiger partial charge on any atom is 0.275 e. The summed E-state index contributed by atoms with van der Waals surface area (Å²) < 4.78 is 5.43. The van der Waals surface area contributed by atoms with E-state index in [2.05, 4.69) is 17.3 Å². The number of hydrogen-bond acceptors (Lipinski definition) is 3. The second-order valence-electron chi connectivity index (χ2n) is 7.70. The minimum atomic E-state index is -0.294. The van der Waals surface area contributed by atoms with Crippen molar-refractivity contribution in [2.24, 2.45) is 7.05 Å². The SMILES string of the molecule is CCCCn1nc(C)c2c1NC(=O)C[C@H]2c1c(C)n(C)n(-c2ccccc2)c1=O. The van der Waals surface area contributed by atoms with Crippen LogP contribution in [0.15, 0.2) is 35.1 Å². The molecule has 0 spiro atoms. The second kappa shape index (κ2) is 7.39. The molecule has 3 aromatic rings. The van der Waals surface area contributed by atoms with Gasteiger partial charge in [0.05, 0.1) is 11.4 Å². The van der Waals surface area contributed by atoms with Crippen LogP contribution < -0.4 is 10.9 Å². The number of fused-ring (bicyclic) bond motifs is 1. The molecule has 1 amide bonds. The normalized spacial score (nSPS) is 16.0. The third-order valence-electron chi connectivity index (χ3n) is 5.84. The summed E-state index contributed by atoms with van der Waals surface area (Å²) in [5.41, 5.74) is 4.10. The number of nitrogens with one attached hydrogen (secondary N) is 1. The van der Waals surface area contributed by atoms with E-state index in [4.69, 9.17) is 0 Å². The summed E-state index contributed by atoms with van der Waals surface area (Å²) in [7, 11) is 1.88. The molecule has 3 heterocycles. The zero-order valence-electron chi connectivity index (χ0n) is 17.4. The van der Waals surface area contributed by atoms with E-state index < -0.39 is 0 Å². The van der Waals surface area contributed by atoms with E-state index in [1.165, 1.54) is 0 Å². The van der Waals surface area contributed by atoms with Crippen LogP contribution in [0.3, 0.4) is 0 Å². The van der Waals surface area contributed by atoms with Gasteiger partial charge in [-0.25, -0.2) is 9.36 Å². The number of aromatic nitrogens is 4. The lowest BCUT2D eigenvalue weighted by atomic mass is 9.86. The molecule has 0 bridgehead atoms. The first-order valence-corrected chi connectivity index (χ1v) is 10.1. The topological polar surface area (TPSA) is 73.8 Å². The lowest BCUT2D eigenvalue weighted by Gasteiger charge is -2.23. The Balaban J connectivity index is 1.89. The molecule has 0 saturated heterocycles. The Morgan fingerprint density at radius 2 is 1.86 bits per heavy atom. The third kappa shape index (κ3) is 3.10. The number of unbranched alkanes of at least 4 members (excludes halogenated alkanes) is 1. The first-order chi connectivity index (χ1) is 13.9. The molecule has 152 valence electrons. The average molecular weight is 393 g/mol. The van der Waals surface area contributed by atoms with Gasteiger partial charge in [-0.2, -0.15) is 5.10 Å². The van der Waals surface area contributed by atoms with Gasteiger partial charge in [-0.05, 0) is 32.4 Å². The molecule has 0 aliphatic carbocycles. The molecule has 7 nitrogen and oxygen atoms in total. The predicted molar refractivity (Wildman–Crippen MR) is 113 cm³/mol. The molecule has 1 N–H and O–H groups in total. The fourth-order valence-corrected chi connectivity index (χ4v) is 4.32. The molecule has 1 aliphatic heterocycles. The Morgan fingerprint density at radius 1 is 1.14 bits per heavy atom. The summed E-state index contributed by atoms with van der Waals surface area (Å²) in [6, 6.07) is 9.59. The molecule has 1 aromatic carbocycles. The van der Waals surface area contributed by atoms with Crippen molar-refractivity contribution in [2.75, 3.05) is 5.32 Å². The minimum Gasteiger partial charge on any atom is -0.311 e. The highest BCUT2D eigenvalue weighted by atomic mass is 16.2. The fourth-order valence-electron chi connectivity index (χ4n) is 4.32. The monoisotopic (exact) mass is 393 g/mol. The van der Waals surface area contributed by atoms with Crippen LogP contribution in [-0.2, 0) is 18.4 Å². The third-order valence-corrected chi connectivity index (χ3v) is 5.84. The van der Waals surface area contributed by atoms with Gasteiger partial charge < -0.3 is 5.32 Å². The number of hydrogen-bond donors (Lipinski definition) is 1. The van der Waals surface area contributed by atoms with Crippen molar-refractivity contribution in [3.05, 3.63) is 63.2 Å². The summed E-state index contributed by atoms with van der Waals surface area (Å²) in [5.74, 6) is 0.373. The largest absolute Gasteiger partial charge is 0.311 e. The highest BCUT2D eigenvalue weighted by Crippen LogP contribution is 2.39. The zero-order valence-corrected chi connectivity index (χ0v) is 17.4. The van der Waals surface area contributed by atoms with Crippen LogP contribution in [0.5, 0.6) is 0 Å². The Hall–Kier alpha value is -3.09. The smallest absolute Gasteiger partial charge is 0.275 e. The quantitative estimate of drug-likeness (QED) is 0.723. The molecule has 0 saturated carbocycles. The highest BCUT2D eigenvalue weighted by Gasteiger charge is 2.36. The van der Waals surface area contributed by atoms with Crippen molar-refractivity contribution >= 4 is 11.7 Å². The maximum atomic E-state index is 13.5. The van der Waals surface area contributed by atoms with Crippen molar-refractivity contribution in [2.45, 2.75) is 52.5 Å². The molecule has 7 heteroatoms. The Bertz CT molecular complexity index is 1120. The first-order valence-electron chi connectivity index (χ1n) is 10.1. The minimum absolute atomic E-state index is 0.0749. The van der Waals surface area contributed by atoms with Crippen LogP contribution in [0, 0.1) is 13.8 Å². The number of amides is 1. The molecule has 29 heavy (non-hydrogen) atoms. The van der Waals surface area contributed by atoms with E-state index >= 15 is 0 Å². The van der Waals surface area contributed by atoms with Crippen molar-refractivity contribution < 1.29 is 4.79 Å². The number of carbonyl (C=O) groups excluding carboxylic acids is 1. The molecule has 2 aromatic heterocycles. The van der Waals surface area contributed by atoms with E-state index in [1.54, 1.807) is 4.68 Å². The maximum absolute atomic E-state index is 13.5. The van der Waals surface area contributed by atoms with E-state index in [0.717, 1.165) is 47.8 Å². The summed E-state index contributed by atoms with van der Waals surface area (Å²) >= 11 is 0. The Labute approximate surface area is 169 Å². The Kier molecular flexibility index (Phi) is 4.90. The van der Waals surface area contributed by atoms with Gasteiger partial charge in [-0.3, -0.25) is 14.3 Å². The molecule has 1 atom stereocenters. The van der Waals surface area contributed by atoms with Gasteiger partial charge in [-0.1, -0.05) is 31.5 Å². The van der Waals surface area contributed by atoms with Gasteiger partial charge >= 0.3 is 0 Å². The molecule has 0 radical (unpaired) electrons. The second-order valence-corrected chi connectivity index (χ2v) is 7.70. The number of carbonyl (C=O) groups is 1. The van der Waals surface area contributed by atoms with Gasteiger partial charge in [-0.15, -0.1) is 0 Å². The average Bonchev–Trinajstić information content (AvgIpc) is 3.13. The van der Waals surface area contributed by atoms with E-state index in [1.807, 2.05) is 60.6 Å². The van der Waals surface area contributed by atoms with Crippen LogP contribution >= 0.6 is 0 Å². The van der Waals surface area contributed by atoms with Gasteiger partial charge in [0.1, 0.15) is 5.82 Å². The lowest BCUT2D eigenvalue weighted by Crippen LogP contribution is -2.29. The van der Waals surface area contributed by atoms with Crippen molar-refractivity contribution in [3.8, 4) is 5.69 Å². The number of rotatable bonds is 5. The van der Waals surface area contributed by atoms with Crippen molar-refractivity contribution in [1.82, 2.24) is 19.1 Å². The summed E-state index contributed by atoms with van der Waals surface area (Å²) in [6.45, 7) is 6.78. The molecule has 0 fully saturated rings. The van der Waals surface area contributed by atoms with Gasteiger partial charge in [0.15, 0.2) is 0 Å². The van der Waals surface area contributed by atoms with Crippen LogP contribution in [0.2, 0.25) is 0 Å². The summed E-state index contributed by atoms with van der Waals surface area (Å²) in [5, 5.41) is 7.67. The fraction of sp³-hybridized carbons (Fsp3) is 0.409. The van der Waals surface area contributed by atoms with Crippen LogP contribution in [0.4, 0.5) is 5.82 Å². The van der Waals surface area contributed by atoms with Crippen LogP contribution in [-0.4, -0.2) is 25.1 Å². The molecular formula is C22H27N5O2. The predicted octanol–water partition coefficient (Wildman–Crippen LogP) is 3.26. The lowest BCUT2D eigenvalue weighted by molar-refractivity contribution is -0.116. The molecular weight excluding hydrogens is 366 g/mol.